The van der Waals surface area contributed by atoms with E-state index in [0.29, 0.717) is 5.58 Å². The highest BCUT2D eigenvalue weighted by Crippen LogP contribution is 2.38. The highest BCUT2D eigenvalue weighted by atomic mass is 16.4. The number of fused-ring (bicyclic) bond motifs is 1. The van der Waals surface area contributed by atoms with Crippen molar-refractivity contribution in [1.29, 1.82) is 0 Å². The van der Waals surface area contributed by atoms with Crippen molar-refractivity contribution in [1.82, 2.24) is 5.32 Å². The van der Waals surface area contributed by atoms with Crippen LogP contribution in [-0.4, -0.2) is 5.91 Å². The second-order valence-corrected chi connectivity index (χ2v) is 6.59. The topological polar surface area (TPSA) is 59.3 Å². The molecule has 1 aromatic heterocycles. The number of benzene rings is 2. The van der Waals surface area contributed by atoms with E-state index >= 15 is 0 Å². The van der Waals surface area contributed by atoms with Crippen LogP contribution < -0.4 is 10.9 Å². The second kappa shape index (κ2) is 6.20. The van der Waals surface area contributed by atoms with Gasteiger partial charge in [0, 0.05) is 5.39 Å². The number of carbonyl (C=O) groups excluding carboxylic acids is 1. The molecular formula is C21H19NO3. The highest BCUT2D eigenvalue weighted by molar-refractivity contribution is 5.97. The third-order valence-corrected chi connectivity index (χ3v) is 5.02. The maximum absolute atomic E-state index is 12.9. The molecule has 4 nitrogen and oxygen atoms in total. The molecule has 4 heteroatoms. The summed E-state index contributed by atoms with van der Waals surface area (Å²) in [7, 11) is 0. The Balaban J connectivity index is 1.71. The third-order valence-electron chi connectivity index (χ3n) is 5.02. The van der Waals surface area contributed by atoms with E-state index in [4.69, 9.17) is 4.42 Å². The molecule has 0 spiro atoms. The molecule has 1 N–H and O–H groups in total. The Hall–Kier alpha value is -2.88. The Kier molecular flexibility index (Phi) is 3.88. The zero-order chi connectivity index (χ0) is 17.3. The Bertz CT molecular complexity index is 969. The van der Waals surface area contributed by atoms with Gasteiger partial charge in [-0.1, -0.05) is 61.4 Å². The fraction of sp³-hybridized carbons (Fsp3) is 0.238. The number of para-hydroxylation sites is 1. The van der Waals surface area contributed by atoms with E-state index in [1.165, 1.54) is 0 Å². The van der Waals surface area contributed by atoms with Gasteiger partial charge in [0.15, 0.2) is 0 Å². The molecule has 0 radical (unpaired) electrons. The highest BCUT2D eigenvalue weighted by Gasteiger charge is 2.37. The zero-order valence-corrected chi connectivity index (χ0v) is 13.8. The van der Waals surface area contributed by atoms with Crippen LogP contribution in [0.15, 0.2) is 69.9 Å². The van der Waals surface area contributed by atoms with Gasteiger partial charge in [0.25, 0.3) is 5.91 Å². The van der Waals surface area contributed by atoms with Gasteiger partial charge < -0.3 is 9.73 Å². The van der Waals surface area contributed by atoms with Crippen LogP contribution in [0.4, 0.5) is 0 Å². The summed E-state index contributed by atoms with van der Waals surface area (Å²) in [4.78, 5) is 25.1. The van der Waals surface area contributed by atoms with Crippen molar-refractivity contribution in [3.8, 4) is 0 Å². The molecule has 0 saturated heterocycles. The lowest BCUT2D eigenvalue weighted by Gasteiger charge is -2.31. The summed E-state index contributed by atoms with van der Waals surface area (Å²) in [6.45, 7) is 0. The standard InChI is InChI=1S/C21H19NO3/c23-19(17-14-15-8-4-5-11-18(15)25-20(17)24)22-21(12-6-7-13-21)16-9-2-1-3-10-16/h1-5,8-11,14H,6-7,12-13H2,(H,22,23). The first-order valence-electron chi connectivity index (χ1n) is 8.59. The summed E-state index contributed by atoms with van der Waals surface area (Å²) in [6.07, 6.45) is 3.87. The van der Waals surface area contributed by atoms with Gasteiger partial charge in [-0.15, -0.1) is 0 Å². The summed E-state index contributed by atoms with van der Waals surface area (Å²) in [5, 5.41) is 3.87. The first kappa shape index (κ1) is 15.6. The van der Waals surface area contributed by atoms with Crippen LogP contribution in [-0.2, 0) is 5.54 Å². The molecule has 0 unspecified atom stereocenters. The maximum atomic E-state index is 12.9. The smallest absolute Gasteiger partial charge is 0.349 e. The summed E-state index contributed by atoms with van der Waals surface area (Å²) < 4.78 is 5.30. The molecule has 4 rings (SSSR count). The Morgan fingerprint density at radius 1 is 0.960 bits per heavy atom. The number of hydrogen-bond donors (Lipinski definition) is 1. The van der Waals surface area contributed by atoms with E-state index in [1.807, 2.05) is 42.5 Å². The van der Waals surface area contributed by atoms with Gasteiger partial charge in [0.1, 0.15) is 11.1 Å². The van der Waals surface area contributed by atoms with Crippen LogP contribution in [0.1, 0.15) is 41.6 Å². The average molecular weight is 333 g/mol. The molecular weight excluding hydrogens is 314 g/mol. The predicted molar refractivity (Wildman–Crippen MR) is 96.5 cm³/mol. The fourth-order valence-corrected chi connectivity index (χ4v) is 3.73. The molecule has 0 atom stereocenters. The monoisotopic (exact) mass is 333 g/mol. The molecule has 3 aromatic rings. The maximum Gasteiger partial charge on any atom is 0.349 e. The lowest BCUT2D eigenvalue weighted by Crippen LogP contribution is -2.45. The minimum absolute atomic E-state index is 0.0564. The number of hydrogen-bond acceptors (Lipinski definition) is 3. The van der Waals surface area contributed by atoms with Crippen LogP contribution in [0.25, 0.3) is 11.0 Å². The van der Waals surface area contributed by atoms with E-state index in [0.717, 1.165) is 36.6 Å². The number of amides is 1. The van der Waals surface area contributed by atoms with E-state index in [-0.39, 0.29) is 11.5 Å². The van der Waals surface area contributed by atoms with Crippen molar-refractivity contribution in [3.63, 3.8) is 0 Å². The summed E-state index contributed by atoms with van der Waals surface area (Å²) in [5.74, 6) is -0.370. The van der Waals surface area contributed by atoms with E-state index in [9.17, 15) is 9.59 Å². The van der Waals surface area contributed by atoms with Crippen molar-refractivity contribution in [3.05, 3.63) is 82.2 Å². The van der Waals surface area contributed by atoms with Gasteiger partial charge in [-0.2, -0.15) is 0 Å². The largest absolute Gasteiger partial charge is 0.422 e. The van der Waals surface area contributed by atoms with Crippen molar-refractivity contribution >= 4 is 16.9 Å². The SMILES string of the molecule is O=C(NC1(c2ccccc2)CCCC1)c1cc2ccccc2oc1=O. The van der Waals surface area contributed by atoms with Gasteiger partial charge in [-0.25, -0.2) is 4.79 Å². The van der Waals surface area contributed by atoms with Crippen molar-refractivity contribution < 1.29 is 9.21 Å². The lowest BCUT2D eigenvalue weighted by atomic mass is 9.88. The van der Waals surface area contributed by atoms with E-state index in [2.05, 4.69) is 5.32 Å². The Morgan fingerprint density at radius 2 is 1.64 bits per heavy atom. The van der Waals surface area contributed by atoms with Gasteiger partial charge >= 0.3 is 5.63 Å². The van der Waals surface area contributed by atoms with Crippen LogP contribution in [0, 0.1) is 0 Å². The quantitative estimate of drug-likeness (QED) is 0.737. The summed E-state index contributed by atoms with van der Waals surface area (Å²) in [6, 6.07) is 18.8. The average Bonchev–Trinajstić information content (AvgIpc) is 3.11. The number of carbonyl (C=O) groups is 1. The minimum Gasteiger partial charge on any atom is -0.422 e. The molecule has 0 aliphatic heterocycles. The molecule has 1 aliphatic carbocycles. The van der Waals surface area contributed by atoms with Gasteiger partial charge in [0.05, 0.1) is 5.54 Å². The van der Waals surface area contributed by atoms with Gasteiger partial charge in [-0.05, 0) is 30.5 Å². The number of nitrogens with one attached hydrogen (secondary N) is 1. The first-order chi connectivity index (χ1) is 12.2. The van der Waals surface area contributed by atoms with Crippen LogP contribution in [0.2, 0.25) is 0 Å². The van der Waals surface area contributed by atoms with Crippen molar-refractivity contribution in [2.75, 3.05) is 0 Å². The molecule has 2 aromatic carbocycles. The molecule has 1 heterocycles. The van der Waals surface area contributed by atoms with E-state index < -0.39 is 11.2 Å². The molecule has 1 aliphatic rings. The normalized spacial score (nSPS) is 16.0. The lowest BCUT2D eigenvalue weighted by molar-refractivity contribution is 0.0894. The second-order valence-electron chi connectivity index (χ2n) is 6.59. The van der Waals surface area contributed by atoms with Crippen molar-refractivity contribution in [2.24, 2.45) is 0 Å². The number of rotatable bonds is 3. The van der Waals surface area contributed by atoms with Crippen molar-refractivity contribution in [2.45, 2.75) is 31.2 Å². The Morgan fingerprint density at radius 3 is 2.40 bits per heavy atom. The van der Waals surface area contributed by atoms with E-state index in [1.54, 1.807) is 18.2 Å². The van der Waals surface area contributed by atoms with Crippen LogP contribution >= 0.6 is 0 Å². The third kappa shape index (κ3) is 2.84. The molecule has 1 saturated carbocycles. The molecule has 126 valence electrons. The Labute approximate surface area is 145 Å². The van der Waals surface area contributed by atoms with Crippen LogP contribution in [0.3, 0.4) is 0 Å². The van der Waals surface area contributed by atoms with Gasteiger partial charge in [-0.3, -0.25) is 4.79 Å². The fourth-order valence-electron chi connectivity index (χ4n) is 3.73. The summed E-state index contributed by atoms with van der Waals surface area (Å²) in [5.41, 5.74) is 0.628. The molecule has 1 amide bonds. The van der Waals surface area contributed by atoms with Gasteiger partial charge in [0.2, 0.25) is 0 Å². The molecule has 0 bridgehead atoms. The predicted octanol–water partition coefficient (Wildman–Crippen LogP) is 3.99. The zero-order valence-electron chi connectivity index (χ0n) is 13.8. The summed E-state index contributed by atoms with van der Waals surface area (Å²) >= 11 is 0. The van der Waals surface area contributed by atoms with Crippen LogP contribution in [0.5, 0.6) is 0 Å². The first-order valence-corrected chi connectivity index (χ1v) is 8.59. The minimum atomic E-state index is -0.600. The molecule has 25 heavy (non-hydrogen) atoms. The molecule has 1 fully saturated rings.